The average molecular weight is 385 g/mol. The second-order valence-electron chi connectivity index (χ2n) is 5.46. The highest BCUT2D eigenvalue weighted by atomic mass is 19.4. The van der Waals surface area contributed by atoms with E-state index in [1.54, 1.807) is 0 Å². The number of amides is 1. The van der Waals surface area contributed by atoms with Gasteiger partial charge in [-0.3, -0.25) is 4.79 Å². The highest BCUT2D eigenvalue weighted by molar-refractivity contribution is 5.97. The number of hydrogen-bond acceptors (Lipinski definition) is 4. The van der Waals surface area contributed by atoms with E-state index < -0.39 is 35.5 Å². The molecule has 0 radical (unpaired) electrons. The molecule has 144 valence electrons. The molecule has 1 atom stereocenters. The molecule has 0 heterocycles. The number of rotatable bonds is 5. The van der Waals surface area contributed by atoms with Crippen molar-refractivity contribution >= 4 is 17.6 Å². The van der Waals surface area contributed by atoms with Crippen LogP contribution in [-0.4, -0.2) is 25.1 Å². The van der Waals surface area contributed by atoms with Gasteiger partial charge in [-0.2, -0.15) is 13.2 Å². The van der Waals surface area contributed by atoms with Crippen LogP contribution in [0.5, 0.6) is 5.75 Å². The fraction of sp³-hybridized carbons (Fsp3) is 0.222. The minimum Gasteiger partial charge on any atom is -0.494 e. The summed E-state index contributed by atoms with van der Waals surface area (Å²) in [5.74, 6) is -2.52. The maximum Gasteiger partial charge on any atom is 0.416 e. The molecule has 0 unspecified atom stereocenters. The summed E-state index contributed by atoms with van der Waals surface area (Å²) in [7, 11) is 1.27. The van der Waals surface area contributed by atoms with Crippen molar-refractivity contribution in [1.29, 1.82) is 0 Å². The van der Waals surface area contributed by atoms with Gasteiger partial charge in [0.2, 0.25) is 0 Å². The van der Waals surface area contributed by atoms with Crippen LogP contribution in [-0.2, 0) is 15.7 Å². The second kappa shape index (κ2) is 8.07. The zero-order chi connectivity index (χ0) is 20.2. The Bertz CT molecular complexity index is 834. The van der Waals surface area contributed by atoms with Crippen LogP contribution in [0.3, 0.4) is 0 Å². The van der Waals surface area contributed by atoms with Gasteiger partial charge in [-0.05, 0) is 49.4 Å². The lowest BCUT2D eigenvalue weighted by Crippen LogP contribution is -2.30. The Labute approximate surface area is 151 Å². The minimum atomic E-state index is -4.49. The summed E-state index contributed by atoms with van der Waals surface area (Å²) in [4.78, 5) is 24.0. The second-order valence-corrected chi connectivity index (χ2v) is 5.46. The summed E-state index contributed by atoms with van der Waals surface area (Å²) >= 11 is 0. The van der Waals surface area contributed by atoms with E-state index in [1.165, 1.54) is 26.2 Å². The average Bonchev–Trinajstić information content (AvgIpc) is 2.61. The van der Waals surface area contributed by atoms with Crippen molar-refractivity contribution in [3.8, 4) is 5.75 Å². The number of anilines is 1. The molecule has 1 amide bonds. The van der Waals surface area contributed by atoms with E-state index in [2.05, 4.69) is 5.32 Å². The smallest absolute Gasteiger partial charge is 0.416 e. The maximum absolute atomic E-state index is 13.6. The number of nitrogens with one attached hydrogen (secondary N) is 1. The molecule has 0 aliphatic carbocycles. The molecule has 0 aromatic heterocycles. The Hall–Kier alpha value is -3.10. The van der Waals surface area contributed by atoms with Gasteiger partial charge in [-0.1, -0.05) is 0 Å². The van der Waals surface area contributed by atoms with Gasteiger partial charge in [0.25, 0.3) is 5.91 Å². The molecular weight excluding hydrogens is 370 g/mol. The lowest BCUT2D eigenvalue weighted by Gasteiger charge is -2.14. The lowest BCUT2D eigenvalue weighted by atomic mass is 10.2. The van der Waals surface area contributed by atoms with Crippen LogP contribution in [0, 0.1) is 5.82 Å². The number of benzene rings is 2. The first-order valence-electron chi connectivity index (χ1n) is 7.64. The molecule has 0 aliphatic rings. The summed E-state index contributed by atoms with van der Waals surface area (Å²) in [6, 6.07) is 7.19. The first-order valence-corrected chi connectivity index (χ1v) is 7.64. The van der Waals surface area contributed by atoms with Crippen molar-refractivity contribution in [1.82, 2.24) is 0 Å². The third-order valence-electron chi connectivity index (χ3n) is 3.52. The predicted molar refractivity (Wildman–Crippen MR) is 87.9 cm³/mol. The minimum absolute atomic E-state index is 0.0559. The van der Waals surface area contributed by atoms with Gasteiger partial charge in [0.1, 0.15) is 0 Å². The first kappa shape index (κ1) is 20.2. The van der Waals surface area contributed by atoms with E-state index in [1.807, 2.05) is 0 Å². The highest BCUT2D eigenvalue weighted by Gasteiger charge is 2.30. The van der Waals surface area contributed by atoms with Crippen molar-refractivity contribution in [2.24, 2.45) is 0 Å². The van der Waals surface area contributed by atoms with Gasteiger partial charge in [-0.15, -0.1) is 0 Å². The van der Waals surface area contributed by atoms with Gasteiger partial charge >= 0.3 is 12.1 Å². The fourth-order valence-corrected chi connectivity index (χ4v) is 2.06. The van der Waals surface area contributed by atoms with E-state index >= 15 is 0 Å². The molecule has 0 saturated heterocycles. The van der Waals surface area contributed by atoms with Crippen molar-refractivity contribution in [3.05, 3.63) is 59.4 Å². The monoisotopic (exact) mass is 385 g/mol. The molecular formula is C18H15F4NO4. The van der Waals surface area contributed by atoms with Crippen molar-refractivity contribution in [3.63, 3.8) is 0 Å². The normalized spacial score (nSPS) is 12.2. The Morgan fingerprint density at radius 2 is 1.70 bits per heavy atom. The zero-order valence-corrected chi connectivity index (χ0v) is 14.3. The first-order chi connectivity index (χ1) is 12.6. The maximum atomic E-state index is 13.6. The molecule has 0 aliphatic heterocycles. The molecule has 2 rings (SSSR count). The van der Waals surface area contributed by atoms with Gasteiger partial charge in [0.05, 0.1) is 18.2 Å². The number of carbonyl (C=O) groups is 2. The number of esters is 1. The molecule has 0 spiro atoms. The Kier molecular flexibility index (Phi) is 6.04. The molecule has 2 aromatic rings. The standard InChI is InChI=1S/C18H15F4NO4/c1-10(27-17(25)11-3-8-15(26-2)14(19)9-11)16(24)23-13-6-4-12(5-7-13)18(20,21)22/h3-10H,1-2H3,(H,23,24)/t10-/m1/s1. The molecule has 27 heavy (non-hydrogen) atoms. The lowest BCUT2D eigenvalue weighted by molar-refractivity contribution is -0.137. The van der Waals surface area contributed by atoms with Gasteiger partial charge in [-0.25, -0.2) is 9.18 Å². The van der Waals surface area contributed by atoms with E-state index in [4.69, 9.17) is 9.47 Å². The van der Waals surface area contributed by atoms with Gasteiger partial charge in [0, 0.05) is 5.69 Å². The number of halogens is 4. The fourth-order valence-electron chi connectivity index (χ4n) is 2.06. The molecule has 0 bridgehead atoms. The van der Waals surface area contributed by atoms with Crippen molar-refractivity contribution < 1.29 is 36.6 Å². The molecule has 9 heteroatoms. The largest absolute Gasteiger partial charge is 0.494 e. The Morgan fingerprint density at radius 3 is 2.22 bits per heavy atom. The van der Waals surface area contributed by atoms with Crippen LogP contribution in [0.4, 0.5) is 23.2 Å². The summed E-state index contributed by atoms with van der Waals surface area (Å²) in [6.07, 6.45) is -5.75. The van der Waals surface area contributed by atoms with E-state index in [0.29, 0.717) is 0 Å². The van der Waals surface area contributed by atoms with Crippen LogP contribution in [0.1, 0.15) is 22.8 Å². The number of alkyl halides is 3. The van der Waals surface area contributed by atoms with Crippen molar-refractivity contribution in [2.75, 3.05) is 12.4 Å². The van der Waals surface area contributed by atoms with Gasteiger partial charge < -0.3 is 14.8 Å². The van der Waals surface area contributed by atoms with Gasteiger partial charge in [0.15, 0.2) is 17.7 Å². The van der Waals surface area contributed by atoms with Crippen LogP contribution in [0.15, 0.2) is 42.5 Å². The molecule has 0 fully saturated rings. The summed E-state index contributed by atoms with van der Waals surface area (Å²) in [5.41, 5.74) is -0.879. The quantitative estimate of drug-likeness (QED) is 0.623. The summed E-state index contributed by atoms with van der Waals surface area (Å²) < 4.78 is 60.8. The number of methoxy groups -OCH3 is 1. The Morgan fingerprint density at radius 1 is 1.07 bits per heavy atom. The molecule has 0 saturated carbocycles. The van der Waals surface area contributed by atoms with E-state index in [9.17, 15) is 27.2 Å². The number of ether oxygens (including phenoxy) is 2. The van der Waals surface area contributed by atoms with Crippen LogP contribution in [0.2, 0.25) is 0 Å². The van der Waals surface area contributed by atoms with Crippen molar-refractivity contribution in [2.45, 2.75) is 19.2 Å². The molecule has 1 N–H and O–H groups in total. The SMILES string of the molecule is COc1ccc(C(=O)O[C@H](C)C(=O)Nc2ccc(C(F)(F)F)cc2)cc1F. The Balaban J connectivity index is 1.98. The predicted octanol–water partition coefficient (Wildman–Crippen LogP) is 4.04. The highest BCUT2D eigenvalue weighted by Crippen LogP contribution is 2.29. The molecule has 5 nitrogen and oxygen atoms in total. The van der Waals surface area contributed by atoms with Crippen LogP contribution in [0.25, 0.3) is 0 Å². The third kappa shape index (κ3) is 5.19. The summed E-state index contributed by atoms with van der Waals surface area (Å²) in [5, 5.41) is 2.33. The summed E-state index contributed by atoms with van der Waals surface area (Å²) in [6.45, 7) is 1.27. The number of hydrogen-bond donors (Lipinski definition) is 1. The van der Waals surface area contributed by atoms with E-state index in [0.717, 1.165) is 30.3 Å². The molecule has 2 aromatic carbocycles. The topological polar surface area (TPSA) is 64.6 Å². The third-order valence-corrected chi connectivity index (χ3v) is 3.52. The van der Waals surface area contributed by atoms with E-state index in [-0.39, 0.29) is 17.0 Å². The van der Waals surface area contributed by atoms with Crippen LogP contribution < -0.4 is 10.1 Å². The van der Waals surface area contributed by atoms with Crippen LogP contribution >= 0.6 is 0 Å². The zero-order valence-electron chi connectivity index (χ0n) is 14.3. The number of carbonyl (C=O) groups excluding carboxylic acids is 2.